The molecule has 1 fully saturated rings. The van der Waals surface area contributed by atoms with E-state index in [1.54, 1.807) is 6.07 Å². The van der Waals surface area contributed by atoms with Gasteiger partial charge in [0.05, 0.1) is 6.04 Å². The molecule has 1 atom stereocenters. The van der Waals surface area contributed by atoms with Gasteiger partial charge in [0.25, 0.3) is 0 Å². The van der Waals surface area contributed by atoms with Crippen molar-refractivity contribution in [1.82, 2.24) is 9.97 Å². The van der Waals surface area contributed by atoms with Crippen molar-refractivity contribution >= 4 is 23.4 Å². The molecule has 1 aliphatic heterocycles. The zero-order valence-electron chi connectivity index (χ0n) is 16.8. The smallest absolute Gasteiger partial charge is 0.368 e. The fourth-order valence-electron chi connectivity index (χ4n) is 3.57. The second-order valence-corrected chi connectivity index (χ2v) is 8.32. The Morgan fingerprint density at radius 3 is 2.55 bits per heavy atom. The van der Waals surface area contributed by atoms with Gasteiger partial charge in [-0.2, -0.15) is 13.2 Å². The van der Waals surface area contributed by atoms with E-state index < -0.39 is 11.9 Å². The number of nitrogens with zero attached hydrogens (tertiary/aromatic N) is 4. The lowest BCUT2D eigenvalue weighted by molar-refractivity contribution is -0.141. The van der Waals surface area contributed by atoms with Crippen molar-refractivity contribution in [1.29, 1.82) is 0 Å². The molecular formula is C20H24F4N4S. The van der Waals surface area contributed by atoms with Crippen LogP contribution in [0.4, 0.5) is 29.2 Å². The second kappa shape index (κ2) is 8.38. The minimum absolute atomic E-state index is 0.0110. The lowest BCUT2D eigenvalue weighted by Crippen LogP contribution is -2.56. The van der Waals surface area contributed by atoms with Gasteiger partial charge in [0, 0.05) is 36.4 Å². The van der Waals surface area contributed by atoms with Gasteiger partial charge in [-0.05, 0) is 42.9 Å². The normalized spacial score (nSPS) is 17.9. The van der Waals surface area contributed by atoms with Crippen LogP contribution in [-0.2, 0) is 6.18 Å². The molecule has 2 heterocycles. The van der Waals surface area contributed by atoms with Gasteiger partial charge in [-0.15, -0.1) is 11.8 Å². The van der Waals surface area contributed by atoms with Crippen LogP contribution in [0.25, 0.3) is 0 Å². The molecular weight excluding hydrogens is 404 g/mol. The predicted octanol–water partition coefficient (Wildman–Crippen LogP) is 5.02. The van der Waals surface area contributed by atoms with Crippen molar-refractivity contribution < 1.29 is 17.6 Å². The first kappa shape index (κ1) is 21.7. The van der Waals surface area contributed by atoms with Gasteiger partial charge in [0.1, 0.15) is 5.82 Å². The molecule has 2 aromatic rings. The lowest BCUT2D eigenvalue weighted by atomic mass is 9.99. The zero-order valence-corrected chi connectivity index (χ0v) is 17.6. The van der Waals surface area contributed by atoms with Crippen molar-refractivity contribution in [2.75, 3.05) is 35.7 Å². The molecule has 1 aliphatic rings. The molecule has 0 radical (unpaired) electrons. The van der Waals surface area contributed by atoms with E-state index in [4.69, 9.17) is 0 Å². The van der Waals surface area contributed by atoms with Crippen LogP contribution in [0.1, 0.15) is 25.1 Å². The monoisotopic (exact) mass is 428 g/mol. The molecule has 0 amide bonds. The molecule has 0 aliphatic carbocycles. The number of piperazine rings is 1. The molecule has 0 spiro atoms. The van der Waals surface area contributed by atoms with Crippen molar-refractivity contribution in [2.45, 2.75) is 37.9 Å². The molecule has 29 heavy (non-hydrogen) atoms. The van der Waals surface area contributed by atoms with E-state index in [0.717, 1.165) is 5.69 Å². The summed E-state index contributed by atoms with van der Waals surface area (Å²) in [5.74, 6) is 0.00993. The largest absolute Gasteiger partial charge is 0.433 e. The summed E-state index contributed by atoms with van der Waals surface area (Å²) >= 11 is 1.34. The Kier molecular flexibility index (Phi) is 6.26. The number of halogens is 4. The molecule has 0 saturated carbocycles. The van der Waals surface area contributed by atoms with Crippen LogP contribution in [-0.4, -0.2) is 41.9 Å². The number of benzene rings is 1. The molecule has 1 unspecified atom stereocenters. The van der Waals surface area contributed by atoms with Crippen LogP contribution in [0.5, 0.6) is 0 Å². The minimum atomic E-state index is -4.51. The third kappa shape index (κ3) is 4.60. The highest BCUT2D eigenvalue weighted by molar-refractivity contribution is 7.98. The number of hydrogen-bond donors (Lipinski definition) is 0. The number of anilines is 2. The second-order valence-electron chi connectivity index (χ2n) is 7.47. The molecule has 3 rings (SSSR count). The maximum atomic E-state index is 13.8. The predicted molar refractivity (Wildman–Crippen MR) is 108 cm³/mol. The van der Waals surface area contributed by atoms with Gasteiger partial charge in [-0.1, -0.05) is 13.8 Å². The third-order valence-corrected chi connectivity index (χ3v) is 5.93. The summed E-state index contributed by atoms with van der Waals surface area (Å²) in [6.45, 7) is 7.07. The Bertz CT molecular complexity index is 872. The summed E-state index contributed by atoms with van der Waals surface area (Å²) < 4.78 is 53.7. The minimum Gasteiger partial charge on any atom is -0.368 e. The van der Waals surface area contributed by atoms with Crippen LogP contribution in [0.2, 0.25) is 0 Å². The van der Waals surface area contributed by atoms with E-state index in [9.17, 15) is 17.6 Å². The molecule has 0 N–H and O–H groups in total. The van der Waals surface area contributed by atoms with Gasteiger partial charge in [-0.3, -0.25) is 0 Å². The summed E-state index contributed by atoms with van der Waals surface area (Å²) in [7, 11) is 0. The quantitative estimate of drug-likeness (QED) is 0.505. The Labute approximate surface area is 172 Å². The van der Waals surface area contributed by atoms with Crippen molar-refractivity contribution in [2.24, 2.45) is 5.92 Å². The summed E-state index contributed by atoms with van der Waals surface area (Å²) in [6.07, 6.45) is -1.46. The van der Waals surface area contributed by atoms with Gasteiger partial charge < -0.3 is 9.80 Å². The number of rotatable bonds is 4. The number of alkyl halides is 3. The van der Waals surface area contributed by atoms with E-state index in [0.29, 0.717) is 24.5 Å². The molecule has 1 saturated heterocycles. The van der Waals surface area contributed by atoms with Gasteiger partial charge in [-0.25, -0.2) is 14.4 Å². The van der Waals surface area contributed by atoms with Gasteiger partial charge >= 0.3 is 6.18 Å². The standard InChI is InChI=1S/C20H24F4N4S/c1-12(2)16-11-27(14-5-6-15(21)17(9-14)29-4)7-8-28(16)19-25-10-13(3)18(26-19)20(22,23)24/h5-6,9-10,12,16H,7-8,11H2,1-4H3. The molecule has 0 bridgehead atoms. The number of hydrogen-bond acceptors (Lipinski definition) is 5. The van der Waals surface area contributed by atoms with Gasteiger partial charge in [0.15, 0.2) is 5.69 Å². The first-order valence-corrected chi connectivity index (χ1v) is 10.6. The highest BCUT2D eigenvalue weighted by atomic mass is 32.2. The summed E-state index contributed by atoms with van der Waals surface area (Å²) in [5, 5.41) is 0. The summed E-state index contributed by atoms with van der Waals surface area (Å²) in [5.41, 5.74) is 0.0225. The summed E-state index contributed by atoms with van der Waals surface area (Å²) in [4.78, 5) is 12.6. The van der Waals surface area contributed by atoms with Crippen LogP contribution in [0.15, 0.2) is 29.3 Å². The Hall–Kier alpha value is -2.03. The van der Waals surface area contributed by atoms with E-state index in [2.05, 4.69) is 14.9 Å². The average Bonchev–Trinajstić information content (AvgIpc) is 2.67. The number of thioether (sulfide) groups is 1. The number of aryl methyl sites for hydroxylation is 1. The number of aromatic nitrogens is 2. The van der Waals surface area contributed by atoms with E-state index in [1.165, 1.54) is 30.9 Å². The van der Waals surface area contributed by atoms with Crippen LogP contribution >= 0.6 is 11.8 Å². The Morgan fingerprint density at radius 1 is 1.21 bits per heavy atom. The van der Waals surface area contributed by atoms with Crippen molar-refractivity contribution in [3.63, 3.8) is 0 Å². The molecule has 1 aromatic heterocycles. The fourth-order valence-corrected chi connectivity index (χ4v) is 4.07. The first-order chi connectivity index (χ1) is 13.6. The maximum Gasteiger partial charge on any atom is 0.433 e. The van der Waals surface area contributed by atoms with E-state index in [-0.39, 0.29) is 29.3 Å². The fraction of sp³-hybridized carbons (Fsp3) is 0.500. The summed E-state index contributed by atoms with van der Waals surface area (Å²) in [6, 6.07) is 4.94. The zero-order chi connectivity index (χ0) is 21.3. The Balaban J connectivity index is 1.89. The molecule has 9 heteroatoms. The van der Waals surface area contributed by atoms with E-state index >= 15 is 0 Å². The average molecular weight is 428 g/mol. The van der Waals surface area contributed by atoms with Gasteiger partial charge in [0.2, 0.25) is 5.95 Å². The highest BCUT2D eigenvalue weighted by Gasteiger charge is 2.37. The van der Waals surface area contributed by atoms with Crippen LogP contribution in [0.3, 0.4) is 0 Å². The highest BCUT2D eigenvalue weighted by Crippen LogP contribution is 2.33. The first-order valence-electron chi connectivity index (χ1n) is 9.37. The maximum absolute atomic E-state index is 13.8. The van der Waals surface area contributed by atoms with Crippen molar-refractivity contribution in [3.05, 3.63) is 41.5 Å². The lowest BCUT2D eigenvalue weighted by Gasteiger charge is -2.44. The SMILES string of the molecule is CSc1cc(N2CCN(c3ncc(C)c(C(F)(F)F)n3)C(C(C)C)C2)ccc1F. The molecule has 1 aromatic carbocycles. The molecule has 4 nitrogen and oxygen atoms in total. The van der Waals surface area contributed by atoms with E-state index in [1.807, 2.05) is 31.1 Å². The molecule has 158 valence electrons. The van der Waals surface area contributed by atoms with Crippen molar-refractivity contribution in [3.8, 4) is 0 Å². The Morgan fingerprint density at radius 2 is 1.93 bits per heavy atom. The topological polar surface area (TPSA) is 32.3 Å². The third-order valence-electron chi connectivity index (χ3n) is 5.17. The van der Waals surface area contributed by atoms with Crippen LogP contribution in [0, 0.1) is 18.7 Å². The van der Waals surface area contributed by atoms with Crippen LogP contribution < -0.4 is 9.80 Å².